The van der Waals surface area contributed by atoms with Gasteiger partial charge in [-0.15, -0.1) is 0 Å². The van der Waals surface area contributed by atoms with Crippen LogP contribution >= 0.6 is 0 Å². The molecule has 0 spiro atoms. The van der Waals surface area contributed by atoms with Crippen LogP contribution in [0.15, 0.2) is 60.7 Å². The zero-order valence-corrected chi connectivity index (χ0v) is 19.6. The first-order valence-corrected chi connectivity index (χ1v) is 12.4. The molecule has 2 aliphatic rings. The van der Waals surface area contributed by atoms with Crippen LogP contribution in [0.5, 0.6) is 5.75 Å². The highest BCUT2D eigenvalue weighted by Crippen LogP contribution is 2.48. The Morgan fingerprint density at radius 1 is 0.765 bits per heavy atom. The Bertz CT molecular complexity index is 1120. The molecule has 0 radical (unpaired) electrons. The molecule has 5 rings (SSSR count). The highest BCUT2D eigenvalue weighted by molar-refractivity contribution is 5.66. The van der Waals surface area contributed by atoms with Gasteiger partial charge in [0, 0.05) is 0 Å². The molecular weight excluding hydrogens is 433 g/mol. The SMILES string of the molecule is CC1CC[C@@H]2C[C@H](c3cc(F)c(-c4ccc(OCc5ccccc5)c(F)c4)c(F)c3)CC[C@@H]2C1. The van der Waals surface area contributed by atoms with Crippen LogP contribution in [0.2, 0.25) is 0 Å². The van der Waals surface area contributed by atoms with Crippen molar-refractivity contribution in [2.75, 3.05) is 0 Å². The lowest BCUT2D eigenvalue weighted by Gasteiger charge is -2.41. The highest BCUT2D eigenvalue weighted by Gasteiger charge is 2.35. The Labute approximate surface area is 200 Å². The summed E-state index contributed by atoms with van der Waals surface area (Å²) in [5.74, 6) is 0.571. The first kappa shape index (κ1) is 23.0. The maximum Gasteiger partial charge on any atom is 0.165 e. The number of rotatable bonds is 5. The summed E-state index contributed by atoms with van der Waals surface area (Å²) in [6, 6.07) is 16.5. The molecule has 4 atom stereocenters. The van der Waals surface area contributed by atoms with E-state index < -0.39 is 17.5 Å². The molecule has 0 amide bonds. The maximum absolute atomic E-state index is 15.1. The second-order valence-corrected chi connectivity index (χ2v) is 10.2. The van der Waals surface area contributed by atoms with Gasteiger partial charge in [0.1, 0.15) is 18.2 Å². The molecule has 2 fully saturated rings. The molecule has 178 valence electrons. The average Bonchev–Trinajstić information content (AvgIpc) is 2.83. The predicted molar refractivity (Wildman–Crippen MR) is 129 cm³/mol. The minimum absolute atomic E-state index is 0.0589. The zero-order chi connectivity index (χ0) is 23.7. The van der Waals surface area contributed by atoms with Crippen molar-refractivity contribution in [1.82, 2.24) is 0 Å². The standard InChI is InChI=1S/C30H31F3O/c1-19-7-8-22-14-23(10-9-21(22)13-19)25-16-27(32)30(28(33)17-25)24-11-12-29(26(31)15-24)34-18-20-5-3-2-4-6-20/h2-6,11-12,15-17,19,21-23H,7-10,13-14,18H2,1H3/t19?,21-,22-,23-/m1/s1. The topological polar surface area (TPSA) is 9.23 Å². The molecule has 4 heteroatoms. The van der Waals surface area contributed by atoms with Crippen molar-refractivity contribution < 1.29 is 17.9 Å². The van der Waals surface area contributed by atoms with E-state index >= 15 is 8.78 Å². The smallest absolute Gasteiger partial charge is 0.165 e. The second kappa shape index (κ2) is 9.85. The number of hydrogen-bond acceptors (Lipinski definition) is 1. The van der Waals surface area contributed by atoms with Crippen LogP contribution in [0.4, 0.5) is 13.2 Å². The van der Waals surface area contributed by atoms with E-state index in [-0.39, 0.29) is 29.4 Å². The zero-order valence-electron chi connectivity index (χ0n) is 19.6. The average molecular weight is 465 g/mol. The molecule has 0 heterocycles. The summed E-state index contributed by atoms with van der Waals surface area (Å²) in [5.41, 5.74) is 1.64. The Morgan fingerprint density at radius 3 is 2.21 bits per heavy atom. The quantitative estimate of drug-likeness (QED) is 0.367. The van der Waals surface area contributed by atoms with Gasteiger partial charge >= 0.3 is 0 Å². The van der Waals surface area contributed by atoms with Gasteiger partial charge in [-0.25, -0.2) is 13.2 Å². The number of ether oxygens (including phenoxy) is 1. The van der Waals surface area contributed by atoms with Gasteiger partial charge < -0.3 is 4.74 Å². The minimum Gasteiger partial charge on any atom is -0.486 e. The summed E-state index contributed by atoms with van der Waals surface area (Å²) in [6.45, 7) is 2.55. The van der Waals surface area contributed by atoms with Gasteiger partial charge in [-0.2, -0.15) is 0 Å². The van der Waals surface area contributed by atoms with E-state index in [0.29, 0.717) is 5.92 Å². The molecule has 2 aliphatic carbocycles. The third-order valence-electron chi connectivity index (χ3n) is 7.87. The van der Waals surface area contributed by atoms with Crippen molar-refractivity contribution in [2.45, 2.75) is 58.0 Å². The fourth-order valence-electron chi connectivity index (χ4n) is 6.04. The van der Waals surface area contributed by atoms with Crippen LogP contribution in [0.25, 0.3) is 11.1 Å². The Balaban J connectivity index is 1.32. The van der Waals surface area contributed by atoms with Crippen molar-refractivity contribution in [3.8, 4) is 16.9 Å². The lowest BCUT2D eigenvalue weighted by Crippen LogP contribution is -2.29. The maximum atomic E-state index is 15.1. The summed E-state index contributed by atoms with van der Waals surface area (Å²) >= 11 is 0. The fourth-order valence-corrected chi connectivity index (χ4v) is 6.04. The lowest BCUT2D eigenvalue weighted by molar-refractivity contribution is 0.124. The lowest BCUT2D eigenvalue weighted by atomic mass is 9.64. The van der Waals surface area contributed by atoms with E-state index in [0.717, 1.165) is 48.3 Å². The van der Waals surface area contributed by atoms with Crippen molar-refractivity contribution in [2.24, 2.45) is 17.8 Å². The molecule has 0 N–H and O–H groups in total. The van der Waals surface area contributed by atoms with E-state index in [1.165, 1.54) is 43.5 Å². The summed E-state index contributed by atoms with van der Waals surface area (Å²) < 4.78 is 50.5. The molecule has 34 heavy (non-hydrogen) atoms. The fraction of sp³-hybridized carbons (Fsp3) is 0.400. The third kappa shape index (κ3) is 4.87. The number of fused-ring (bicyclic) bond motifs is 1. The molecular formula is C30H31F3O. The summed E-state index contributed by atoms with van der Waals surface area (Å²) in [6.07, 6.45) is 6.90. The van der Waals surface area contributed by atoms with Gasteiger partial charge in [-0.3, -0.25) is 0 Å². The van der Waals surface area contributed by atoms with Gasteiger partial charge in [0.05, 0.1) is 5.56 Å². The summed E-state index contributed by atoms with van der Waals surface area (Å²) in [5, 5.41) is 0. The van der Waals surface area contributed by atoms with Gasteiger partial charge in [-0.1, -0.05) is 49.7 Å². The largest absolute Gasteiger partial charge is 0.486 e. The normalized spacial score (nSPS) is 24.5. The third-order valence-corrected chi connectivity index (χ3v) is 7.87. The van der Waals surface area contributed by atoms with Crippen molar-refractivity contribution in [3.05, 3.63) is 89.2 Å². The Hall–Kier alpha value is -2.75. The van der Waals surface area contributed by atoms with Crippen molar-refractivity contribution >= 4 is 0 Å². The van der Waals surface area contributed by atoms with Crippen LogP contribution < -0.4 is 4.74 Å². The van der Waals surface area contributed by atoms with Crippen LogP contribution in [-0.4, -0.2) is 0 Å². The van der Waals surface area contributed by atoms with Gasteiger partial charge in [0.15, 0.2) is 11.6 Å². The minimum atomic E-state index is -0.638. The monoisotopic (exact) mass is 464 g/mol. The van der Waals surface area contributed by atoms with Crippen LogP contribution in [-0.2, 0) is 6.61 Å². The van der Waals surface area contributed by atoms with Gasteiger partial charge in [0.2, 0.25) is 0 Å². The van der Waals surface area contributed by atoms with Crippen LogP contribution in [0, 0.1) is 35.2 Å². The number of hydrogen-bond donors (Lipinski definition) is 0. The molecule has 0 bridgehead atoms. The van der Waals surface area contributed by atoms with Gasteiger partial charge in [-0.05, 0) is 96.7 Å². The molecule has 1 nitrogen and oxygen atoms in total. The molecule has 0 aromatic heterocycles. The van der Waals surface area contributed by atoms with Crippen molar-refractivity contribution in [1.29, 1.82) is 0 Å². The van der Waals surface area contributed by atoms with E-state index in [9.17, 15) is 4.39 Å². The number of benzene rings is 3. The summed E-state index contributed by atoms with van der Waals surface area (Å²) in [4.78, 5) is 0. The molecule has 1 unspecified atom stereocenters. The van der Waals surface area contributed by atoms with E-state index in [1.807, 2.05) is 30.3 Å². The second-order valence-electron chi connectivity index (χ2n) is 10.2. The van der Waals surface area contributed by atoms with E-state index in [2.05, 4.69) is 6.92 Å². The summed E-state index contributed by atoms with van der Waals surface area (Å²) in [7, 11) is 0. The van der Waals surface area contributed by atoms with Crippen LogP contribution in [0.3, 0.4) is 0 Å². The first-order chi connectivity index (χ1) is 16.5. The predicted octanol–water partition coefficient (Wildman–Crippen LogP) is 8.67. The van der Waals surface area contributed by atoms with Crippen LogP contribution in [0.1, 0.15) is 62.5 Å². The van der Waals surface area contributed by atoms with Gasteiger partial charge in [0.25, 0.3) is 0 Å². The Kier molecular flexibility index (Phi) is 6.67. The molecule has 3 aromatic carbocycles. The molecule has 0 aliphatic heterocycles. The number of halogens is 3. The molecule has 0 saturated heterocycles. The van der Waals surface area contributed by atoms with E-state index in [4.69, 9.17) is 4.74 Å². The Morgan fingerprint density at radius 2 is 1.47 bits per heavy atom. The van der Waals surface area contributed by atoms with E-state index in [1.54, 1.807) is 0 Å². The first-order valence-electron chi connectivity index (χ1n) is 12.4. The van der Waals surface area contributed by atoms with Crippen molar-refractivity contribution in [3.63, 3.8) is 0 Å². The molecule has 2 saturated carbocycles. The highest BCUT2D eigenvalue weighted by atomic mass is 19.1. The molecule has 3 aromatic rings.